The summed E-state index contributed by atoms with van der Waals surface area (Å²) in [6.07, 6.45) is -4.07. The fraction of sp³-hybridized carbons (Fsp3) is 0.400. The van der Waals surface area contributed by atoms with Crippen LogP contribution in [0.5, 0.6) is 5.75 Å². The minimum Gasteiger partial charge on any atom is -0.469 e. The highest BCUT2D eigenvalue weighted by atomic mass is 127. The molecule has 5 nitrogen and oxygen atoms in total. The van der Waals surface area contributed by atoms with Crippen molar-refractivity contribution in [2.45, 2.75) is 19.3 Å². The molecule has 2 N–H and O–H groups in total. The Morgan fingerprint density at radius 1 is 1.53 bits per heavy atom. The SMILES string of the molecule is COC(=O)Cc1ncc(OC(F)(F)F)c(CN)c1I. The smallest absolute Gasteiger partial charge is 0.469 e. The van der Waals surface area contributed by atoms with Crippen molar-refractivity contribution in [2.75, 3.05) is 7.11 Å². The quantitative estimate of drug-likeness (QED) is 0.627. The fourth-order valence-electron chi connectivity index (χ4n) is 1.29. The van der Waals surface area contributed by atoms with E-state index in [0.29, 0.717) is 9.26 Å². The van der Waals surface area contributed by atoms with Crippen LogP contribution in [-0.4, -0.2) is 24.4 Å². The molecule has 0 aromatic carbocycles. The molecule has 0 aliphatic heterocycles. The Morgan fingerprint density at radius 2 is 2.16 bits per heavy atom. The Hall–Kier alpha value is -1.10. The van der Waals surface area contributed by atoms with Crippen LogP contribution in [-0.2, 0) is 22.5 Å². The first-order chi connectivity index (χ1) is 8.78. The zero-order chi connectivity index (χ0) is 14.6. The van der Waals surface area contributed by atoms with Gasteiger partial charge in [-0.3, -0.25) is 9.78 Å². The molecule has 0 unspecified atom stereocenters. The lowest BCUT2D eigenvalue weighted by Crippen LogP contribution is -2.20. The normalized spacial score (nSPS) is 11.3. The zero-order valence-electron chi connectivity index (χ0n) is 9.75. The van der Waals surface area contributed by atoms with Crippen molar-refractivity contribution in [3.63, 3.8) is 0 Å². The van der Waals surface area contributed by atoms with E-state index in [0.717, 1.165) is 6.20 Å². The highest BCUT2D eigenvalue weighted by Crippen LogP contribution is 2.30. The lowest BCUT2D eigenvalue weighted by molar-refractivity contribution is -0.275. The summed E-state index contributed by atoms with van der Waals surface area (Å²) >= 11 is 1.77. The number of carbonyl (C=O) groups is 1. The number of hydrogen-bond acceptors (Lipinski definition) is 5. The number of alkyl halides is 3. The number of esters is 1. The summed E-state index contributed by atoms with van der Waals surface area (Å²) in [5, 5.41) is 0. The van der Waals surface area contributed by atoms with Crippen LogP contribution >= 0.6 is 22.6 Å². The van der Waals surface area contributed by atoms with E-state index in [2.05, 4.69) is 14.5 Å². The third-order valence-electron chi connectivity index (χ3n) is 2.12. The van der Waals surface area contributed by atoms with Gasteiger partial charge in [0, 0.05) is 15.7 Å². The van der Waals surface area contributed by atoms with E-state index in [1.54, 1.807) is 22.6 Å². The van der Waals surface area contributed by atoms with E-state index in [1.807, 2.05) is 0 Å². The average Bonchev–Trinajstić information content (AvgIpc) is 2.31. The van der Waals surface area contributed by atoms with Crippen LogP contribution in [0, 0.1) is 3.57 Å². The molecule has 9 heteroatoms. The first kappa shape index (κ1) is 16.0. The van der Waals surface area contributed by atoms with Gasteiger partial charge < -0.3 is 15.2 Å². The Morgan fingerprint density at radius 3 is 2.63 bits per heavy atom. The van der Waals surface area contributed by atoms with Crippen LogP contribution < -0.4 is 10.5 Å². The topological polar surface area (TPSA) is 74.4 Å². The van der Waals surface area contributed by atoms with Crippen molar-refractivity contribution >= 4 is 28.6 Å². The number of halogens is 4. The van der Waals surface area contributed by atoms with Gasteiger partial charge in [0.1, 0.15) is 0 Å². The Balaban J connectivity index is 3.12. The Bertz CT molecular complexity index is 480. The van der Waals surface area contributed by atoms with Gasteiger partial charge in [-0.2, -0.15) is 0 Å². The molecule has 0 spiro atoms. The van der Waals surface area contributed by atoms with Crippen LogP contribution in [0.15, 0.2) is 6.20 Å². The summed E-state index contributed by atoms with van der Waals surface area (Å²) in [5.41, 5.74) is 5.85. The predicted octanol–water partition coefficient (Wildman–Crippen LogP) is 1.76. The Kier molecular flexibility index (Phi) is 5.35. The number of hydrogen-bond donors (Lipinski definition) is 1. The molecule has 0 aliphatic rings. The zero-order valence-corrected chi connectivity index (χ0v) is 11.9. The lowest BCUT2D eigenvalue weighted by Gasteiger charge is -2.15. The number of nitrogens with two attached hydrogens (primary N) is 1. The molecule has 0 saturated carbocycles. The summed E-state index contributed by atoms with van der Waals surface area (Å²) in [4.78, 5) is 14.9. The molecule has 0 radical (unpaired) electrons. The summed E-state index contributed by atoms with van der Waals surface area (Å²) in [6.45, 7) is -0.166. The van der Waals surface area contributed by atoms with Crippen molar-refractivity contribution in [3.05, 3.63) is 21.0 Å². The minimum atomic E-state index is -4.82. The van der Waals surface area contributed by atoms with Crippen molar-refractivity contribution in [3.8, 4) is 5.75 Å². The van der Waals surface area contributed by atoms with Gasteiger partial charge in [-0.15, -0.1) is 13.2 Å². The third kappa shape index (κ3) is 4.49. The van der Waals surface area contributed by atoms with Gasteiger partial charge in [0.05, 0.1) is 25.4 Å². The first-order valence-corrected chi connectivity index (χ1v) is 6.05. The van der Waals surface area contributed by atoms with Gasteiger partial charge in [0.2, 0.25) is 0 Å². The summed E-state index contributed by atoms with van der Waals surface area (Å²) in [7, 11) is 1.21. The molecular formula is C10H10F3IN2O3. The molecular weight excluding hydrogens is 380 g/mol. The van der Waals surface area contributed by atoms with Crippen molar-refractivity contribution in [1.82, 2.24) is 4.98 Å². The molecule has 0 saturated heterocycles. The van der Waals surface area contributed by atoms with Crippen molar-refractivity contribution in [1.29, 1.82) is 0 Å². The number of pyridine rings is 1. The van der Waals surface area contributed by atoms with Crippen LogP contribution in [0.25, 0.3) is 0 Å². The molecule has 1 rings (SSSR count). The van der Waals surface area contributed by atoms with Crippen molar-refractivity contribution < 1.29 is 27.4 Å². The van der Waals surface area contributed by atoms with Crippen LogP contribution in [0.2, 0.25) is 0 Å². The third-order valence-corrected chi connectivity index (χ3v) is 3.40. The molecule has 0 bridgehead atoms. The lowest BCUT2D eigenvalue weighted by atomic mass is 10.2. The van der Waals surface area contributed by atoms with Crippen LogP contribution in [0.1, 0.15) is 11.3 Å². The van der Waals surface area contributed by atoms with E-state index in [1.165, 1.54) is 7.11 Å². The summed E-state index contributed by atoms with van der Waals surface area (Å²) in [5.74, 6) is -1.01. The average molecular weight is 390 g/mol. The molecule has 0 atom stereocenters. The van der Waals surface area contributed by atoms with E-state index < -0.39 is 18.1 Å². The van der Waals surface area contributed by atoms with Crippen LogP contribution in [0.3, 0.4) is 0 Å². The molecule has 0 fully saturated rings. The number of ether oxygens (including phenoxy) is 2. The second-order valence-corrected chi connectivity index (χ2v) is 4.45. The number of aromatic nitrogens is 1. The maximum Gasteiger partial charge on any atom is 0.573 e. The van der Waals surface area contributed by atoms with Gasteiger partial charge >= 0.3 is 12.3 Å². The molecule has 1 heterocycles. The predicted molar refractivity (Wildman–Crippen MR) is 67.2 cm³/mol. The number of nitrogens with zero attached hydrogens (tertiary/aromatic N) is 1. The van der Waals surface area contributed by atoms with Crippen LogP contribution in [0.4, 0.5) is 13.2 Å². The van der Waals surface area contributed by atoms with Gasteiger partial charge in [-0.1, -0.05) is 0 Å². The number of rotatable bonds is 4. The summed E-state index contributed by atoms with van der Waals surface area (Å²) < 4.78 is 45.2. The van der Waals surface area contributed by atoms with Gasteiger partial charge in [-0.25, -0.2) is 0 Å². The molecule has 106 valence electrons. The Labute approximate surface area is 120 Å². The van der Waals surface area contributed by atoms with E-state index >= 15 is 0 Å². The monoisotopic (exact) mass is 390 g/mol. The van der Waals surface area contributed by atoms with E-state index in [9.17, 15) is 18.0 Å². The summed E-state index contributed by atoms with van der Waals surface area (Å²) in [6, 6.07) is 0. The largest absolute Gasteiger partial charge is 0.573 e. The fourth-order valence-corrected chi connectivity index (χ4v) is 2.10. The highest BCUT2D eigenvalue weighted by molar-refractivity contribution is 14.1. The molecule has 1 aromatic heterocycles. The van der Waals surface area contributed by atoms with Gasteiger partial charge in [0.25, 0.3) is 0 Å². The highest BCUT2D eigenvalue weighted by Gasteiger charge is 2.33. The number of methoxy groups -OCH3 is 1. The number of carbonyl (C=O) groups excluding carboxylic acids is 1. The second-order valence-electron chi connectivity index (χ2n) is 3.37. The molecule has 1 aromatic rings. The van der Waals surface area contributed by atoms with Crippen molar-refractivity contribution in [2.24, 2.45) is 5.73 Å². The maximum atomic E-state index is 12.2. The standard InChI is InChI=1S/C10H10F3IN2O3/c1-18-8(17)2-6-9(14)5(3-15)7(4-16-6)19-10(11,12)13/h4H,2-3,15H2,1H3. The first-order valence-electron chi connectivity index (χ1n) is 4.97. The second kappa shape index (κ2) is 6.37. The minimum absolute atomic E-state index is 0.145. The van der Waals surface area contributed by atoms with E-state index in [-0.39, 0.29) is 18.5 Å². The van der Waals surface area contributed by atoms with E-state index in [4.69, 9.17) is 5.73 Å². The molecule has 0 amide bonds. The maximum absolute atomic E-state index is 12.2. The van der Waals surface area contributed by atoms with Gasteiger partial charge in [0.15, 0.2) is 5.75 Å². The molecule has 19 heavy (non-hydrogen) atoms. The molecule has 0 aliphatic carbocycles. The van der Waals surface area contributed by atoms with Gasteiger partial charge in [-0.05, 0) is 22.6 Å².